The highest BCUT2D eigenvalue weighted by atomic mass is 35.5. The molecular weight excluding hydrogens is 176 g/mol. The van der Waals surface area contributed by atoms with Crippen LogP contribution in [0.2, 0.25) is 0 Å². The summed E-state index contributed by atoms with van der Waals surface area (Å²) in [6, 6.07) is 0. The van der Waals surface area contributed by atoms with Crippen LogP contribution in [0.1, 0.15) is 39.5 Å². The van der Waals surface area contributed by atoms with Gasteiger partial charge in [0.1, 0.15) is 12.0 Å². The Hall–Kier alpha value is -0.240. The Bertz CT molecular complexity index is 126. The van der Waals surface area contributed by atoms with E-state index in [1.54, 1.807) is 0 Å². The second-order valence-corrected chi connectivity index (χ2v) is 3.06. The molecule has 0 radical (unpaired) electrons. The number of hydrogen-bond donors (Lipinski definition) is 0. The topological polar surface area (TPSA) is 26.3 Å². The van der Waals surface area contributed by atoms with Crippen LogP contribution in [0.3, 0.4) is 0 Å². The number of unbranched alkanes of at least 4 members (excludes halogenated alkanes) is 1. The SMILES string of the molecule is CCCCC(CC)OC(=O)CCl. The lowest BCUT2D eigenvalue weighted by molar-refractivity contribution is -0.146. The van der Waals surface area contributed by atoms with E-state index in [0.717, 1.165) is 25.7 Å². The van der Waals surface area contributed by atoms with E-state index in [1.165, 1.54) is 0 Å². The highest BCUT2D eigenvalue weighted by Gasteiger charge is 2.10. The number of esters is 1. The molecular formula is C9H17ClO2. The highest BCUT2D eigenvalue weighted by molar-refractivity contribution is 6.26. The highest BCUT2D eigenvalue weighted by Crippen LogP contribution is 2.08. The summed E-state index contributed by atoms with van der Waals surface area (Å²) >= 11 is 5.31. The maximum atomic E-state index is 10.8. The van der Waals surface area contributed by atoms with E-state index in [-0.39, 0.29) is 18.0 Å². The molecule has 12 heavy (non-hydrogen) atoms. The third-order valence-electron chi connectivity index (χ3n) is 1.74. The van der Waals surface area contributed by atoms with Gasteiger partial charge in [0.25, 0.3) is 0 Å². The Morgan fingerprint density at radius 1 is 1.50 bits per heavy atom. The lowest BCUT2D eigenvalue weighted by atomic mass is 10.1. The molecule has 0 rings (SSSR count). The third kappa shape index (κ3) is 5.42. The van der Waals surface area contributed by atoms with E-state index >= 15 is 0 Å². The molecule has 3 heteroatoms. The fourth-order valence-electron chi connectivity index (χ4n) is 0.996. The molecule has 0 fully saturated rings. The fourth-order valence-corrected chi connectivity index (χ4v) is 1.06. The lowest BCUT2D eigenvalue weighted by Crippen LogP contribution is -2.18. The Labute approximate surface area is 79.2 Å². The minimum absolute atomic E-state index is 0.0391. The van der Waals surface area contributed by atoms with Crippen LogP contribution < -0.4 is 0 Å². The molecule has 1 atom stereocenters. The number of carbonyl (C=O) groups excluding carboxylic acids is 1. The molecule has 0 aliphatic carbocycles. The van der Waals surface area contributed by atoms with Crippen molar-refractivity contribution in [3.63, 3.8) is 0 Å². The second-order valence-electron chi connectivity index (χ2n) is 2.80. The molecule has 0 aromatic carbocycles. The van der Waals surface area contributed by atoms with Crippen LogP contribution in [-0.4, -0.2) is 18.0 Å². The smallest absolute Gasteiger partial charge is 0.321 e. The van der Waals surface area contributed by atoms with Crippen LogP contribution in [0.4, 0.5) is 0 Å². The summed E-state index contributed by atoms with van der Waals surface area (Å²) in [4.78, 5) is 10.8. The Morgan fingerprint density at radius 3 is 2.58 bits per heavy atom. The maximum absolute atomic E-state index is 10.8. The zero-order valence-electron chi connectivity index (χ0n) is 7.81. The molecule has 0 saturated heterocycles. The monoisotopic (exact) mass is 192 g/mol. The van der Waals surface area contributed by atoms with Gasteiger partial charge in [-0.05, 0) is 12.8 Å². The van der Waals surface area contributed by atoms with E-state index in [2.05, 4.69) is 6.92 Å². The van der Waals surface area contributed by atoms with Crippen LogP contribution in [0.25, 0.3) is 0 Å². The van der Waals surface area contributed by atoms with E-state index in [0.29, 0.717) is 0 Å². The first kappa shape index (κ1) is 11.8. The zero-order valence-corrected chi connectivity index (χ0v) is 8.56. The van der Waals surface area contributed by atoms with Crippen molar-refractivity contribution in [2.75, 3.05) is 5.88 Å². The van der Waals surface area contributed by atoms with Gasteiger partial charge in [-0.25, -0.2) is 0 Å². The molecule has 0 heterocycles. The van der Waals surface area contributed by atoms with Crippen molar-refractivity contribution in [2.45, 2.75) is 45.6 Å². The second kappa shape index (κ2) is 7.41. The molecule has 0 spiro atoms. The molecule has 2 nitrogen and oxygen atoms in total. The van der Waals surface area contributed by atoms with E-state index in [4.69, 9.17) is 16.3 Å². The van der Waals surface area contributed by atoms with Crippen molar-refractivity contribution >= 4 is 17.6 Å². The van der Waals surface area contributed by atoms with Gasteiger partial charge in [-0.2, -0.15) is 0 Å². The standard InChI is InChI=1S/C9H17ClO2/c1-3-5-6-8(4-2)12-9(11)7-10/h8H,3-7H2,1-2H3. The van der Waals surface area contributed by atoms with Crippen molar-refractivity contribution in [2.24, 2.45) is 0 Å². The van der Waals surface area contributed by atoms with E-state index in [9.17, 15) is 4.79 Å². The van der Waals surface area contributed by atoms with Crippen LogP contribution in [0.5, 0.6) is 0 Å². The first-order valence-corrected chi connectivity index (χ1v) is 5.03. The summed E-state index contributed by atoms with van der Waals surface area (Å²) < 4.78 is 5.08. The van der Waals surface area contributed by atoms with Gasteiger partial charge in [0, 0.05) is 0 Å². The van der Waals surface area contributed by atoms with Crippen LogP contribution in [0, 0.1) is 0 Å². The average Bonchev–Trinajstić information content (AvgIpc) is 2.11. The van der Waals surface area contributed by atoms with Crippen LogP contribution >= 0.6 is 11.6 Å². The first-order chi connectivity index (χ1) is 5.74. The Balaban J connectivity index is 3.59. The maximum Gasteiger partial charge on any atom is 0.321 e. The van der Waals surface area contributed by atoms with Gasteiger partial charge < -0.3 is 4.74 Å². The van der Waals surface area contributed by atoms with Gasteiger partial charge in [-0.1, -0.05) is 26.7 Å². The normalized spacial score (nSPS) is 12.6. The fraction of sp³-hybridized carbons (Fsp3) is 0.889. The molecule has 0 amide bonds. The summed E-state index contributed by atoms with van der Waals surface area (Å²) in [6.45, 7) is 4.14. The van der Waals surface area contributed by atoms with Crippen molar-refractivity contribution in [3.8, 4) is 0 Å². The summed E-state index contributed by atoms with van der Waals surface area (Å²) in [7, 11) is 0. The molecule has 0 saturated carbocycles. The quantitative estimate of drug-likeness (QED) is 0.478. The van der Waals surface area contributed by atoms with Gasteiger partial charge in [0.05, 0.1) is 0 Å². The zero-order chi connectivity index (χ0) is 9.40. The molecule has 0 aliphatic heterocycles. The van der Waals surface area contributed by atoms with Crippen molar-refractivity contribution in [1.29, 1.82) is 0 Å². The molecule has 0 bridgehead atoms. The van der Waals surface area contributed by atoms with Crippen molar-refractivity contribution in [1.82, 2.24) is 0 Å². The van der Waals surface area contributed by atoms with Gasteiger partial charge in [0.2, 0.25) is 0 Å². The number of alkyl halides is 1. The summed E-state index contributed by atoms with van der Waals surface area (Å²) in [5.74, 6) is -0.345. The molecule has 0 aromatic heterocycles. The van der Waals surface area contributed by atoms with Crippen LogP contribution in [0.15, 0.2) is 0 Å². The van der Waals surface area contributed by atoms with Gasteiger partial charge >= 0.3 is 5.97 Å². The molecule has 0 N–H and O–H groups in total. The summed E-state index contributed by atoms with van der Waals surface area (Å²) in [5, 5.41) is 0. The lowest BCUT2D eigenvalue weighted by Gasteiger charge is -2.14. The van der Waals surface area contributed by atoms with Gasteiger partial charge in [-0.15, -0.1) is 11.6 Å². The predicted octanol–water partition coefficient (Wildman–Crippen LogP) is 2.74. The third-order valence-corrected chi connectivity index (χ3v) is 1.96. The molecule has 0 aliphatic rings. The van der Waals surface area contributed by atoms with Crippen molar-refractivity contribution < 1.29 is 9.53 Å². The van der Waals surface area contributed by atoms with E-state index < -0.39 is 0 Å². The van der Waals surface area contributed by atoms with Crippen LogP contribution in [-0.2, 0) is 9.53 Å². The Morgan fingerprint density at radius 2 is 2.17 bits per heavy atom. The number of carbonyl (C=O) groups is 1. The Kier molecular flexibility index (Phi) is 7.26. The average molecular weight is 193 g/mol. The summed E-state index contributed by atoms with van der Waals surface area (Å²) in [6.07, 6.45) is 4.14. The van der Waals surface area contributed by atoms with Gasteiger partial charge in [-0.3, -0.25) is 4.79 Å². The number of hydrogen-bond acceptors (Lipinski definition) is 2. The van der Waals surface area contributed by atoms with E-state index in [1.807, 2.05) is 6.92 Å². The first-order valence-electron chi connectivity index (χ1n) is 4.50. The summed E-state index contributed by atoms with van der Waals surface area (Å²) in [5.41, 5.74) is 0. The predicted molar refractivity (Wildman–Crippen MR) is 50.4 cm³/mol. The molecule has 0 aromatic rings. The molecule has 1 unspecified atom stereocenters. The molecule has 72 valence electrons. The largest absolute Gasteiger partial charge is 0.462 e. The number of rotatable bonds is 6. The van der Waals surface area contributed by atoms with Crippen molar-refractivity contribution in [3.05, 3.63) is 0 Å². The minimum Gasteiger partial charge on any atom is -0.462 e. The van der Waals surface area contributed by atoms with Gasteiger partial charge in [0.15, 0.2) is 0 Å². The minimum atomic E-state index is -0.306. The number of ether oxygens (including phenoxy) is 1. The number of halogens is 1.